The van der Waals surface area contributed by atoms with Crippen LogP contribution in [0.25, 0.3) is 0 Å². The average molecular weight is 360 g/mol. The van der Waals surface area contributed by atoms with E-state index in [1.807, 2.05) is 11.9 Å². The maximum Gasteiger partial charge on any atom is 0.303 e. The third-order valence-electron chi connectivity index (χ3n) is 5.17. The number of carbonyl (C=O) groups is 1. The van der Waals surface area contributed by atoms with Crippen molar-refractivity contribution in [2.75, 3.05) is 20.2 Å². The molecule has 0 bridgehead atoms. The zero-order valence-corrected chi connectivity index (χ0v) is 16.0. The van der Waals surface area contributed by atoms with Crippen LogP contribution in [0.15, 0.2) is 0 Å². The minimum Gasteiger partial charge on any atom is -0.481 e. The molecule has 148 valence electrons. The Hall–Kier alpha value is -0.690. The van der Waals surface area contributed by atoms with Gasteiger partial charge in [-0.25, -0.2) is 0 Å². The van der Waals surface area contributed by atoms with Gasteiger partial charge in [-0.2, -0.15) is 0 Å². The lowest BCUT2D eigenvalue weighted by molar-refractivity contribution is -0.195. The monoisotopic (exact) mass is 359 g/mol. The number of ether oxygens (including phenoxy) is 1. The second-order valence-corrected chi connectivity index (χ2v) is 7.34. The second-order valence-electron chi connectivity index (χ2n) is 7.34. The minimum atomic E-state index is -0.809. The van der Waals surface area contributed by atoms with Crippen molar-refractivity contribution < 1.29 is 24.9 Å². The lowest BCUT2D eigenvalue weighted by Crippen LogP contribution is -2.54. The molecule has 0 aromatic carbocycles. The molecule has 0 radical (unpaired) electrons. The van der Waals surface area contributed by atoms with Gasteiger partial charge >= 0.3 is 5.97 Å². The zero-order chi connectivity index (χ0) is 18.7. The summed E-state index contributed by atoms with van der Waals surface area (Å²) in [4.78, 5) is 12.6. The highest BCUT2D eigenvalue weighted by molar-refractivity contribution is 5.66. The number of rotatable bonds is 14. The van der Waals surface area contributed by atoms with E-state index >= 15 is 0 Å². The van der Waals surface area contributed by atoms with E-state index in [2.05, 4.69) is 6.92 Å². The molecule has 1 aliphatic carbocycles. The summed E-state index contributed by atoms with van der Waals surface area (Å²) in [6.45, 7) is 3.50. The molecule has 0 amide bonds. The molecule has 25 heavy (non-hydrogen) atoms. The third kappa shape index (κ3) is 7.60. The maximum atomic E-state index is 10.6. The van der Waals surface area contributed by atoms with E-state index in [1.165, 1.54) is 19.3 Å². The summed E-state index contributed by atoms with van der Waals surface area (Å²) in [5.41, 5.74) is -0.809. The molecular formula is C19H37NO5. The predicted molar refractivity (Wildman–Crippen MR) is 97.4 cm³/mol. The van der Waals surface area contributed by atoms with Crippen LogP contribution in [0.4, 0.5) is 0 Å². The van der Waals surface area contributed by atoms with Crippen molar-refractivity contribution in [3.05, 3.63) is 0 Å². The number of aliphatic carboxylic acids is 1. The highest BCUT2D eigenvalue weighted by Crippen LogP contribution is 2.36. The van der Waals surface area contributed by atoms with Gasteiger partial charge < -0.3 is 20.1 Å². The minimum absolute atomic E-state index is 0.199. The van der Waals surface area contributed by atoms with Crippen molar-refractivity contribution in [1.29, 1.82) is 0 Å². The first-order valence-corrected chi connectivity index (χ1v) is 9.85. The van der Waals surface area contributed by atoms with Gasteiger partial charge in [0.25, 0.3) is 0 Å². The summed E-state index contributed by atoms with van der Waals surface area (Å²) in [5.74, 6) is -0.759. The van der Waals surface area contributed by atoms with Gasteiger partial charge in [-0.15, -0.1) is 0 Å². The highest BCUT2D eigenvalue weighted by atomic mass is 16.5. The van der Waals surface area contributed by atoms with Crippen LogP contribution >= 0.6 is 0 Å². The van der Waals surface area contributed by atoms with Gasteiger partial charge in [0, 0.05) is 32.4 Å². The lowest BCUT2D eigenvalue weighted by Gasteiger charge is -2.41. The molecule has 0 saturated heterocycles. The Bertz CT molecular complexity index is 379. The van der Waals surface area contributed by atoms with Crippen LogP contribution in [0, 0.1) is 0 Å². The Labute approximate surface area is 152 Å². The molecule has 3 atom stereocenters. The van der Waals surface area contributed by atoms with Crippen LogP contribution in [0.1, 0.15) is 77.6 Å². The van der Waals surface area contributed by atoms with Crippen LogP contribution in [-0.2, 0) is 9.53 Å². The summed E-state index contributed by atoms with van der Waals surface area (Å²) >= 11 is 0. The van der Waals surface area contributed by atoms with Crippen LogP contribution in [0.3, 0.4) is 0 Å². The Morgan fingerprint density at radius 2 is 1.80 bits per heavy atom. The first-order chi connectivity index (χ1) is 11.9. The van der Waals surface area contributed by atoms with Crippen molar-refractivity contribution in [2.24, 2.45) is 0 Å². The summed E-state index contributed by atoms with van der Waals surface area (Å²) < 4.78 is 6.13. The number of carboxylic acid groups (broad SMARTS) is 1. The Balaban J connectivity index is 2.44. The van der Waals surface area contributed by atoms with Crippen LogP contribution < -0.4 is 0 Å². The maximum absolute atomic E-state index is 10.6. The van der Waals surface area contributed by atoms with E-state index in [0.29, 0.717) is 25.9 Å². The standard InChI is InChI=1S/C19H37NO5/c1-3-4-5-6-10-13-25-19(15-16(21)14-17(19)22)20(2)12-9-7-8-11-18(23)24/h16-17,21-22H,3-15H2,1-2H3,(H,23,24)/t16-,17+,19-/m0/s1. The third-order valence-corrected chi connectivity index (χ3v) is 5.17. The molecule has 1 saturated carbocycles. The van der Waals surface area contributed by atoms with Gasteiger partial charge in [0.05, 0.1) is 12.2 Å². The van der Waals surface area contributed by atoms with E-state index in [4.69, 9.17) is 9.84 Å². The molecule has 6 heteroatoms. The first-order valence-electron chi connectivity index (χ1n) is 9.85. The number of aliphatic hydroxyl groups is 2. The molecule has 0 aliphatic heterocycles. The number of carboxylic acids is 1. The van der Waals surface area contributed by atoms with E-state index in [9.17, 15) is 15.0 Å². The van der Waals surface area contributed by atoms with Crippen LogP contribution in [0.2, 0.25) is 0 Å². The number of unbranched alkanes of at least 4 members (excludes halogenated alkanes) is 6. The molecule has 1 aliphatic rings. The molecule has 0 aromatic heterocycles. The van der Waals surface area contributed by atoms with Crippen molar-refractivity contribution in [3.63, 3.8) is 0 Å². The molecule has 3 N–H and O–H groups in total. The predicted octanol–water partition coefficient (Wildman–Crippen LogP) is 2.76. The zero-order valence-electron chi connectivity index (χ0n) is 16.0. The average Bonchev–Trinajstić information content (AvgIpc) is 2.84. The molecule has 1 rings (SSSR count). The van der Waals surface area contributed by atoms with Crippen molar-refractivity contribution in [1.82, 2.24) is 4.90 Å². The second kappa shape index (κ2) is 11.8. The number of nitrogens with zero attached hydrogens (tertiary/aromatic N) is 1. The van der Waals surface area contributed by atoms with Gasteiger partial charge in [-0.1, -0.05) is 39.0 Å². The van der Waals surface area contributed by atoms with E-state index < -0.39 is 23.9 Å². The SMILES string of the molecule is CCCCCCCO[C@@]1(N(C)CCCCCC(=O)O)C[C@@H](O)C[C@H]1O. The number of likely N-dealkylation sites (N-methyl/N-ethyl adjacent to an activating group) is 1. The summed E-state index contributed by atoms with van der Waals surface area (Å²) in [5, 5.41) is 29.2. The van der Waals surface area contributed by atoms with Gasteiger partial charge in [0.1, 0.15) is 5.72 Å². The fourth-order valence-corrected chi connectivity index (χ4v) is 3.62. The molecule has 0 unspecified atom stereocenters. The summed E-state index contributed by atoms with van der Waals surface area (Å²) in [6.07, 6.45) is 7.85. The number of hydrogen-bond donors (Lipinski definition) is 3. The fraction of sp³-hybridized carbons (Fsp3) is 0.947. The normalized spacial score (nSPS) is 26.4. The summed E-state index contributed by atoms with van der Waals surface area (Å²) in [7, 11) is 1.93. The number of hydrogen-bond acceptors (Lipinski definition) is 5. The Kier molecular flexibility index (Phi) is 10.6. The van der Waals surface area contributed by atoms with Crippen molar-refractivity contribution in [3.8, 4) is 0 Å². The lowest BCUT2D eigenvalue weighted by atomic mass is 10.1. The molecule has 1 fully saturated rings. The van der Waals surface area contributed by atoms with Gasteiger partial charge in [0.2, 0.25) is 0 Å². The smallest absolute Gasteiger partial charge is 0.303 e. The molecule has 0 aromatic rings. The van der Waals surface area contributed by atoms with Gasteiger partial charge in [0.15, 0.2) is 0 Å². The van der Waals surface area contributed by atoms with Gasteiger partial charge in [-0.05, 0) is 26.3 Å². The quantitative estimate of drug-likeness (QED) is 0.326. The van der Waals surface area contributed by atoms with Crippen molar-refractivity contribution in [2.45, 2.75) is 95.5 Å². The highest BCUT2D eigenvalue weighted by Gasteiger charge is 2.50. The van der Waals surface area contributed by atoms with Gasteiger partial charge in [-0.3, -0.25) is 9.69 Å². The number of aliphatic hydroxyl groups excluding tert-OH is 2. The first kappa shape index (κ1) is 22.4. The fourth-order valence-electron chi connectivity index (χ4n) is 3.62. The molecule has 0 spiro atoms. The molecule has 6 nitrogen and oxygen atoms in total. The Morgan fingerprint density at radius 3 is 2.40 bits per heavy atom. The van der Waals surface area contributed by atoms with E-state index in [0.717, 1.165) is 32.2 Å². The van der Waals surface area contributed by atoms with E-state index in [1.54, 1.807) is 0 Å². The summed E-state index contributed by atoms with van der Waals surface area (Å²) in [6, 6.07) is 0. The van der Waals surface area contributed by atoms with Crippen LogP contribution in [0.5, 0.6) is 0 Å². The van der Waals surface area contributed by atoms with E-state index in [-0.39, 0.29) is 6.42 Å². The van der Waals surface area contributed by atoms with Crippen molar-refractivity contribution >= 4 is 5.97 Å². The largest absolute Gasteiger partial charge is 0.481 e. The molecular weight excluding hydrogens is 322 g/mol. The Morgan fingerprint density at radius 1 is 1.12 bits per heavy atom. The molecule has 0 heterocycles. The topological polar surface area (TPSA) is 90.2 Å². The van der Waals surface area contributed by atoms with Crippen LogP contribution in [-0.4, -0.2) is 64.3 Å².